The van der Waals surface area contributed by atoms with Crippen molar-refractivity contribution < 1.29 is 9.53 Å². The Morgan fingerprint density at radius 3 is 2.67 bits per heavy atom. The maximum atomic E-state index is 12.0. The minimum Gasteiger partial charge on any atom is -0.495 e. The molecule has 0 spiro atoms. The molecule has 2 aromatic carbocycles. The van der Waals surface area contributed by atoms with Crippen LogP contribution in [-0.2, 0) is 4.79 Å². The summed E-state index contributed by atoms with van der Waals surface area (Å²) in [6.07, 6.45) is 0. The van der Waals surface area contributed by atoms with Gasteiger partial charge in [0.05, 0.1) is 19.3 Å². The van der Waals surface area contributed by atoms with E-state index >= 15 is 0 Å². The number of rotatable bonds is 5. The lowest BCUT2D eigenvalue weighted by atomic mass is 10.2. The maximum Gasteiger partial charge on any atom is 0.243 e. The zero-order chi connectivity index (χ0) is 15.2. The van der Waals surface area contributed by atoms with E-state index in [4.69, 9.17) is 4.74 Å². The number of nitrogens with one attached hydrogen (secondary N) is 2. The number of ether oxygens (including phenoxy) is 1. The molecule has 0 heterocycles. The first-order valence-corrected chi connectivity index (χ1v) is 7.32. The van der Waals surface area contributed by atoms with Crippen LogP contribution in [-0.4, -0.2) is 19.6 Å². The molecular formula is C16H17BrN2O2. The van der Waals surface area contributed by atoms with E-state index in [1.807, 2.05) is 49.4 Å². The van der Waals surface area contributed by atoms with Crippen LogP contribution < -0.4 is 15.4 Å². The van der Waals surface area contributed by atoms with E-state index in [2.05, 4.69) is 26.6 Å². The normalized spacial score (nSPS) is 10.0. The Balaban J connectivity index is 1.96. The van der Waals surface area contributed by atoms with Crippen molar-refractivity contribution in [3.05, 3.63) is 52.5 Å². The zero-order valence-electron chi connectivity index (χ0n) is 11.9. The van der Waals surface area contributed by atoms with Gasteiger partial charge in [0.25, 0.3) is 0 Å². The van der Waals surface area contributed by atoms with Crippen LogP contribution in [0.3, 0.4) is 0 Å². The van der Waals surface area contributed by atoms with Gasteiger partial charge in [0.2, 0.25) is 5.91 Å². The molecule has 2 N–H and O–H groups in total. The highest BCUT2D eigenvalue weighted by atomic mass is 79.9. The van der Waals surface area contributed by atoms with Crippen molar-refractivity contribution in [2.24, 2.45) is 0 Å². The van der Waals surface area contributed by atoms with Crippen molar-refractivity contribution in [1.29, 1.82) is 0 Å². The molecule has 4 nitrogen and oxygen atoms in total. The highest BCUT2D eigenvalue weighted by molar-refractivity contribution is 9.10. The van der Waals surface area contributed by atoms with Gasteiger partial charge >= 0.3 is 0 Å². The molecule has 0 fully saturated rings. The SMILES string of the molecule is COc1ccccc1NCC(=O)Nc1ccc(Br)cc1C. The molecule has 5 heteroatoms. The number of hydrogen-bond donors (Lipinski definition) is 2. The van der Waals surface area contributed by atoms with E-state index in [1.165, 1.54) is 0 Å². The molecule has 0 unspecified atom stereocenters. The van der Waals surface area contributed by atoms with Gasteiger partial charge in [-0.1, -0.05) is 28.1 Å². The minimum absolute atomic E-state index is 0.105. The third kappa shape index (κ3) is 4.23. The number of methoxy groups -OCH3 is 1. The Bertz CT molecular complexity index is 644. The molecule has 0 saturated heterocycles. The average molecular weight is 349 g/mol. The Morgan fingerprint density at radius 2 is 1.95 bits per heavy atom. The Labute approximate surface area is 132 Å². The number of hydrogen-bond acceptors (Lipinski definition) is 3. The van der Waals surface area contributed by atoms with E-state index in [-0.39, 0.29) is 12.5 Å². The Kier molecular flexibility index (Phi) is 5.22. The van der Waals surface area contributed by atoms with E-state index in [1.54, 1.807) is 7.11 Å². The quantitative estimate of drug-likeness (QED) is 0.863. The van der Waals surface area contributed by atoms with Gasteiger partial charge in [0.1, 0.15) is 5.75 Å². The first-order valence-electron chi connectivity index (χ1n) is 6.53. The number of benzene rings is 2. The van der Waals surface area contributed by atoms with Crippen LogP contribution >= 0.6 is 15.9 Å². The van der Waals surface area contributed by atoms with Crippen molar-refractivity contribution in [1.82, 2.24) is 0 Å². The summed E-state index contributed by atoms with van der Waals surface area (Å²) in [5.74, 6) is 0.608. The molecule has 21 heavy (non-hydrogen) atoms. The third-order valence-electron chi connectivity index (χ3n) is 3.01. The number of amides is 1. The predicted octanol–water partition coefficient (Wildman–Crippen LogP) is 3.82. The summed E-state index contributed by atoms with van der Waals surface area (Å²) in [6.45, 7) is 2.13. The molecular weight excluding hydrogens is 332 g/mol. The van der Waals surface area contributed by atoms with Crippen LogP contribution in [0.4, 0.5) is 11.4 Å². The molecule has 2 rings (SSSR count). The first-order chi connectivity index (χ1) is 10.1. The van der Waals surface area contributed by atoms with Crippen molar-refractivity contribution in [2.75, 3.05) is 24.3 Å². The van der Waals surface area contributed by atoms with E-state index < -0.39 is 0 Å². The van der Waals surface area contributed by atoms with Crippen LogP contribution in [0.25, 0.3) is 0 Å². The molecule has 0 bridgehead atoms. The van der Waals surface area contributed by atoms with Gasteiger partial charge in [-0.3, -0.25) is 4.79 Å². The van der Waals surface area contributed by atoms with Crippen LogP contribution in [0.5, 0.6) is 5.75 Å². The van der Waals surface area contributed by atoms with Crippen molar-refractivity contribution >= 4 is 33.2 Å². The summed E-state index contributed by atoms with van der Waals surface area (Å²) < 4.78 is 6.22. The van der Waals surface area contributed by atoms with Gasteiger partial charge in [0.15, 0.2) is 0 Å². The summed E-state index contributed by atoms with van der Waals surface area (Å²) in [7, 11) is 1.60. The van der Waals surface area contributed by atoms with Crippen molar-refractivity contribution in [3.8, 4) is 5.75 Å². The molecule has 1 amide bonds. The lowest BCUT2D eigenvalue weighted by Gasteiger charge is -2.12. The molecule has 0 aromatic heterocycles. The molecule has 0 saturated carbocycles. The lowest BCUT2D eigenvalue weighted by Crippen LogP contribution is -2.22. The van der Waals surface area contributed by atoms with Gasteiger partial charge in [-0.25, -0.2) is 0 Å². The summed E-state index contributed by atoms with van der Waals surface area (Å²) >= 11 is 3.40. The third-order valence-corrected chi connectivity index (χ3v) is 3.50. The molecule has 0 atom stereocenters. The van der Waals surface area contributed by atoms with Gasteiger partial charge in [-0.2, -0.15) is 0 Å². The minimum atomic E-state index is -0.105. The summed E-state index contributed by atoms with van der Waals surface area (Å²) in [5.41, 5.74) is 2.61. The molecule has 110 valence electrons. The fraction of sp³-hybridized carbons (Fsp3) is 0.188. The number of carbonyl (C=O) groups is 1. The van der Waals surface area contributed by atoms with E-state index in [9.17, 15) is 4.79 Å². The molecule has 0 aliphatic carbocycles. The summed E-state index contributed by atoms with van der Waals surface area (Å²) in [6, 6.07) is 13.2. The summed E-state index contributed by atoms with van der Waals surface area (Å²) in [4.78, 5) is 12.0. The zero-order valence-corrected chi connectivity index (χ0v) is 13.5. The van der Waals surface area contributed by atoms with Crippen LogP contribution in [0.15, 0.2) is 46.9 Å². The maximum absolute atomic E-state index is 12.0. The molecule has 0 aliphatic heterocycles. The lowest BCUT2D eigenvalue weighted by molar-refractivity contribution is -0.114. The fourth-order valence-electron chi connectivity index (χ4n) is 1.93. The van der Waals surface area contributed by atoms with Crippen LogP contribution in [0.2, 0.25) is 0 Å². The van der Waals surface area contributed by atoms with Gasteiger partial charge in [-0.15, -0.1) is 0 Å². The fourth-order valence-corrected chi connectivity index (χ4v) is 2.40. The Morgan fingerprint density at radius 1 is 1.19 bits per heavy atom. The second-order valence-corrected chi connectivity index (χ2v) is 5.48. The average Bonchev–Trinajstić information content (AvgIpc) is 2.48. The monoisotopic (exact) mass is 348 g/mol. The number of anilines is 2. The van der Waals surface area contributed by atoms with Gasteiger partial charge in [0, 0.05) is 10.2 Å². The first kappa shape index (κ1) is 15.4. The van der Waals surface area contributed by atoms with E-state index in [0.717, 1.165) is 21.4 Å². The smallest absolute Gasteiger partial charge is 0.243 e. The number of carbonyl (C=O) groups excluding carboxylic acids is 1. The second-order valence-electron chi connectivity index (χ2n) is 4.56. The topological polar surface area (TPSA) is 50.4 Å². The highest BCUT2D eigenvalue weighted by Crippen LogP contribution is 2.23. The van der Waals surface area contributed by atoms with Crippen molar-refractivity contribution in [3.63, 3.8) is 0 Å². The van der Waals surface area contributed by atoms with Crippen molar-refractivity contribution in [2.45, 2.75) is 6.92 Å². The number of para-hydroxylation sites is 2. The van der Waals surface area contributed by atoms with Crippen LogP contribution in [0, 0.1) is 6.92 Å². The summed E-state index contributed by atoms with van der Waals surface area (Å²) in [5, 5.41) is 5.95. The second kappa shape index (κ2) is 7.13. The number of halogens is 1. The Hall–Kier alpha value is -2.01. The molecule has 0 aliphatic rings. The van der Waals surface area contributed by atoms with Gasteiger partial charge in [-0.05, 0) is 42.8 Å². The largest absolute Gasteiger partial charge is 0.495 e. The predicted molar refractivity (Wildman–Crippen MR) is 89.0 cm³/mol. The molecule has 2 aromatic rings. The van der Waals surface area contributed by atoms with Crippen LogP contribution in [0.1, 0.15) is 5.56 Å². The number of aryl methyl sites for hydroxylation is 1. The molecule has 0 radical (unpaired) electrons. The van der Waals surface area contributed by atoms with E-state index in [0.29, 0.717) is 5.75 Å². The highest BCUT2D eigenvalue weighted by Gasteiger charge is 2.07. The standard InChI is InChI=1S/C16H17BrN2O2/c1-11-9-12(17)7-8-13(11)19-16(20)10-18-14-5-3-4-6-15(14)21-2/h3-9,18H,10H2,1-2H3,(H,19,20). The van der Waals surface area contributed by atoms with Gasteiger partial charge < -0.3 is 15.4 Å².